The number of unbranched alkanes of at least 4 members (excludes halogenated alkanes) is 12. The zero-order valence-corrected chi connectivity index (χ0v) is 55.3. The van der Waals surface area contributed by atoms with Gasteiger partial charge in [-0.15, -0.1) is 0 Å². The van der Waals surface area contributed by atoms with Gasteiger partial charge in [0.25, 0.3) is 0 Å². The van der Waals surface area contributed by atoms with Crippen LogP contribution in [-0.2, 0) is 33.4 Å². The molecule has 3 rings (SSSR count). The first-order valence-electron chi connectivity index (χ1n) is 31.9. The van der Waals surface area contributed by atoms with E-state index < -0.39 is 51.6 Å². The second-order valence-corrected chi connectivity index (χ2v) is 28.9. The smallest absolute Gasteiger partial charge is 0.311 e. The maximum atomic E-state index is 14.6. The number of esters is 3. The first-order valence-corrected chi connectivity index (χ1v) is 31.9. The van der Waals surface area contributed by atoms with Crippen LogP contribution in [0.15, 0.2) is 42.9 Å². The van der Waals surface area contributed by atoms with E-state index in [2.05, 4.69) is 115 Å². The Morgan fingerprint density at radius 3 is 1.75 bits per heavy atom. The van der Waals surface area contributed by atoms with Gasteiger partial charge >= 0.3 is 17.9 Å². The van der Waals surface area contributed by atoms with Crippen molar-refractivity contribution in [3.8, 4) is 6.07 Å². The van der Waals surface area contributed by atoms with Gasteiger partial charge < -0.3 is 24.0 Å². The van der Waals surface area contributed by atoms with Gasteiger partial charge in [0.1, 0.15) is 31.8 Å². The lowest BCUT2D eigenvalue weighted by Gasteiger charge is -2.42. The van der Waals surface area contributed by atoms with Crippen molar-refractivity contribution in [3.05, 3.63) is 42.9 Å². The molecule has 2 aromatic rings. The minimum Gasteiger partial charge on any atom is -0.461 e. The number of piperidine rings is 1. The molecule has 0 spiro atoms. The number of nitrogens with zero attached hydrogens (tertiary/aromatic N) is 6. The zero-order chi connectivity index (χ0) is 62.4. The molecule has 1 fully saturated rings. The third kappa shape index (κ3) is 23.4. The van der Waals surface area contributed by atoms with Crippen molar-refractivity contribution < 1.29 is 38.2 Å². The van der Waals surface area contributed by atoms with Crippen LogP contribution in [0.4, 0.5) is 5.82 Å². The number of allylic oxidation sites excluding steroid dienone is 4. The van der Waals surface area contributed by atoms with Crippen LogP contribution in [0, 0.1) is 61.6 Å². The third-order valence-corrected chi connectivity index (χ3v) is 17.9. The number of ether oxygens (including phenoxy) is 3. The van der Waals surface area contributed by atoms with Gasteiger partial charge in [-0.1, -0.05) is 179 Å². The average Bonchev–Trinajstić information content (AvgIpc) is 4.00. The molecule has 3 heterocycles. The molecular formula is C69H114N6O8. The molecule has 1 aliphatic rings. The lowest BCUT2D eigenvalue weighted by molar-refractivity contribution is -0.174. The fourth-order valence-electron chi connectivity index (χ4n) is 12.6. The van der Waals surface area contributed by atoms with Crippen molar-refractivity contribution in [2.75, 3.05) is 38.3 Å². The standard InChI is InChI=1S/C69H114N6O8/c1-19-21-23-25-27-29-31-33-38-64(6,7)47-68(14,15)62(79)81-45-54(46-82-63(80)69(16,17)48-65(8,9)39-34-32-30-28-26-24-22-20-2)83-58(77)43-52(4)66(10,11)49-67(12,13)53(5)61(78)75-42-37-55-59(71-50-72-60(55)75)73(18)56-44-74(41-36-51(56)3)57(76)35-40-70/h33-34,37-39,42,50-54,56H,19-32,35-36,41,43-49H2,1-18H3/b38-33-,39-34-/t51-,52?,53?,56?/m1/s1. The van der Waals surface area contributed by atoms with Crippen molar-refractivity contribution in [3.63, 3.8) is 0 Å². The van der Waals surface area contributed by atoms with Crippen molar-refractivity contribution in [1.82, 2.24) is 19.4 Å². The number of carbonyl (C=O) groups is 5. The molecule has 0 aliphatic carbocycles. The van der Waals surface area contributed by atoms with Crippen LogP contribution >= 0.6 is 0 Å². The van der Waals surface area contributed by atoms with Crippen LogP contribution in [0.1, 0.15) is 251 Å². The summed E-state index contributed by atoms with van der Waals surface area (Å²) >= 11 is 0. The Morgan fingerprint density at radius 2 is 1.24 bits per heavy atom. The van der Waals surface area contributed by atoms with E-state index in [1.54, 1.807) is 15.7 Å². The molecule has 0 radical (unpaired) electrons. The van der Waals surface area contributed by atoms with E-state index in [4.69, 9.17) is 14.2 Å². The number of aromatic nitrogens is 3. The van der Waals surface area contributed by atoms with Crippen molar-refractivity contribution in [1.29, 1.82) is 5.26 Å². The molecule has 1 saturated heterocycles. The Morgan fingerprint density at radius 1 is 0.735 bits per heavy atom. The predicted octanol–water partition coefficient (Wildman–Crippen LogP) is 16.3. The van der Waals surface area contributed by atoms with Crippen molar-refractivity contribution >= 4 is 46.6 Å². The minimum atomic E-state index is -1.04. The molecular weight excluding hydrogens is 1040 g/mol. The maximum Gasteiger partial charge on any atom is 0.311 e. The highest BCUT2D eigenvalue weighted by Crippen LogP contribution is 2.45. The number of hydrogen-bond acceptors (Lipinski definition) is 12. The highest BCUT2D eigenvalue weighted by Gasteiger charge is 2.42. The summed E-state index contributed by atoms with van der Waals surface area (Å²) in [6.07, 6.45) is 30.3. The summed E-state index contributed by atoms with van der Waals surface area (Å²) in [4.78, 5) is 82.4. The number of likely N-dealkylation sites (tertiary alicyclic amines) is 1. The zero-order valence-electron chi connectivity index (χ0n) is 55.3. The van der Waals surface area contributed by atoms with Crippen LogP contribution in [-0.4, -0.2) is 94.7 Å². The molecule has 0 saturated carbocycles. The minimum absolute atomic E-state index is 0.0403. The number of amides is 1. The van der Waals surface area contributed by atoms with E-state index in [0.29, 0.717) is 43.8 Å². The topological polar surface area (TPSA) is 174 Å². The van der Waals surface area contributed by atoms with E-state index in [1.807, 2.05) is 60.7 Å². The molecule has 0 bridgehead atoms. The molecule has 2 aromatic heterocycles. The fourth-order valence-corrected chi connectivity index (χ4v) is 12.6. The van der Waals surface area contributed by atoms with Crippen molar-refractivity contribution in [2.45, 2.75) is 258 Å². The molecule has 1 aliphatic heterocycles. The van der Waals surface area contributed by atoms with E-state index >= 15 is 0 Å². The van der Waals surface area contributed by atoms with E-state index in [0.717, 1.165) is 37.5 Å². The summed E-state index contributed by atoms with van der Waals surface area (Å²) in [5.41, 5.74) is -2.77. The molecule has 83 heavy (non-hydrogen) atoms. The Labute approximate surface area is 503 Å². The monoisotopic (exact) mass is 1150 g/mol. The van der Waals surface area contributed by atoms with Gasteiger partial charge in [0, 0.05) is 38.7 Å². The summed E-state index contributed by atoms with van der Waals surface area (Å²) in [5.74, 6) is -1.39. The quantitative estimate of drug-likeness (QED) is 0.0271. The molecule has 14 nitrogen and oxygen atoms in total. The maximum absolute atomic E-state index is 14.6. The Balaban J connectivity index is 1.76. The van der Waals surface area contributed by atoms with E-state index in [-0.39, 0.29) is 66.6 Å². The van der Waals surface area contributed by atoms with Gasteiger partial charge in [0.05, 0.1) is 28.3 Å². The molecule has 1 amide bonds. The number of nitriles is 1. The number of likely N-dealkylation sites (N-methyl/N-ethyl adjacent to an activating group) is 1. The van der Waals surface area contributed by atoms with Crippen LogP contribution in [0.25, 0.3) is 11.0 Å². The lowest BCUT2D eigenvalue weighted by Crippen LogP contribution is -2.52. The van der Waals surface area contributed by atoms with Crippen LogP contribution < -0.4 is 4.90 Å². The summed E-state index contributed by atoms with van der Waals surface area (Å²) in [5, 5.41) is 9.89. The van der Waals surface area contributed by atoms with E-state index in [9.17, 15) is 29.2 Å². The number of hydrogen-bond donors (Lipinski definition) is 0. The first kappa shape index (κ1) is 72.2. The van der Waals surface area contributed by atoms with Gasteiger partial charge in [0.2, 0.25) is 11.8 Å². The summed E-state index contributed by atoms with van der Waals surface area (Å²) in [7, 11) is 1.95. The number of fused-ring (bicyclic) bond motifs is 1. The molecule has 0 aromatic carbocycles. The molecule has 4 atom stereocenters. The molecule has 0 N–H and O–H groups in total. The second kappa shape index (κ2) is 33.0. The lowest BCUT2D eigenvalue weighted by atomic mass is 9.64. The Kier molecular flexibility index (Phi) is 28.7. The van der Waals surface area contributed by atoms with Crippen LogP contribution in [0.5, 0.6) is 0 Å². The molecule has 468 valence electrons. The number of rotatable bonds is 37. The Hall–Kier alpha value is -5.06. The molecule has 14 heteroatoms. The average molecular weight is 1160 g/mol. The van der Waals surface area contributed by atoms with Crippen LogP contribution in [0.2, 0.25) is 0 Å². The van der Waals surface area contributed by atoms with Crippen molar-refractivity contribution in [2.24, 2.45) is 50.2 Å². The Bertz CT molecular complexity index is 2410. The highest BCUT2D eigenvalue weighted by molar-refractivity contribution is 5.96. The fraction of sp³-hybridized carbons (Fsp3) is 0.768. The number of carbonyl (C=O) groups excluding carboxylic acids is 5. The normalized spacial score (nSPS) is 16.6. The van der Waals surface area contributed by atoms with Gasteiger partial charge in [-0.25, -0.2) is 9.97 Å². The molecule has 3 unspecified atom stereocenters. The predicted molar refractivity (Wildman–Crippen MR) is 336 cm³/mol. The van der Waals surface area contributed by atoms with Crippen LogP contribution in [0.3, 0.4) is 0 Å². The van der Waals surface area contributed by atoms with Gasteiger partial charge in [-0.2, -0.15) is 5.26 Å². The highest BCUT2D eigenvalue weighted by atomic mass is 16.6. The summed E-state index contributed by atoms with van der Waals surface area (Å²) < 4.78 is 19.8. The van der Waals surface area contributed by atoms with Gasteiger partial charge in [-0.05, 0) is 119 Å². The second-order valence-electron chi connectivity index (χ2n) is 28.9. The van der Waals surface area contributed by atoms with Gasteiger partial charge in [0.15, 0.2) is 11.8 Å². The van der Waals surface area contributed by atoms with E-state index in [1.165, 1.54) is 70.5 Å². The third-order valence-electron chi connectivity index (χ3n) is 17.9. The largest absolute Gasteiger partial charge is 0.461 e. The number of anilines is 1. The first-order chi connectivity index (χ1) is 38.7. The SMILES string of the molecule is CCCCCCCC/C=C\C(C)(C)CC(C)(C)C(=O)OCC(COC(=O)C(C)(C)CC(C)(C)/C=C\CCCCCCCC)OC(=O)CC(C)C(C)(C)CC(C)(C)C(C)C(=O)n1ccc2c(N(C)C3CN(C(=O)CC#N)CC[C@H]3C)ncnc21. The summed E-state index contributed by atoms with van der Waals surface area (Å²) in [6, 6.07) is 3.80. The summed E-state index contributed by atoms with van der Waals surface area (Å²) in [6.45, 7) is 35.5. The van der Waals surface area contributed by atoms with Gasteiger partial charge in [-0.3, -0.25) is 28.5 Å².